The van der Waals surface area contributed by atoms with Gasteiger partial charge in [-0.1, -0.05) is 13.8 Å². The molecule has 0 radical (unpaired) electrons. The van der Waals surface area contributed by atoms with Crippen molar-refractivity contribution in [2.45, 2.75) is 59.2 Å². The first-order valence-electron chi connectivity index (χ1n) is 6.98. The first-order valence-corrected chi connectivity index (χ1v) is 6.98. The Kier molecular flexibility index (Phi) is 3.83. The van der Waals surface area contributed by atoms with E-state index in [0.29, 0.717) is 5.41 Å². The molecule has 2 N–H and O–H groups in total. The van der Waals surface area contributed by atoms with Gasteiger partial charge >= 0.3 is 0 Å². The van der Waals surface area contributed by atoms with Crippen molar-refractivity contribution >= 4 is 0 Å². The van der Waals surface area contributed by atoms with Crippen molar-refractivity contribution in [2.75, 3.05) is 6.61 Å². The summed E-state index contributed by atoms with van der Waals surface area (Å²) in [7, 11) is 0. The third-order valence-electron chi connectivity index (χ3n) is 3.84. The van der Waals surface area contributed by atoms with E-state index in [9.17, 15) is 0 Å². The van der Waals surface area contributed by atoms with Crippen LogP contribution in [0.15, 0.2) is 12.3 Å². The van der Waals surface area contributed by atoms with Gasteiger partial charge in [0.1, 0.15) is 0 Å². The molecule has 0 aromatic carbocycles. The monoisotopic (exact) mass is 250 g/mol. The molecule has 3 heteroatoms. The second kappa shape index (κ2) is 5.06. The van der Waals surface area contributed by atoms with E-state index < -0.39 is 0 Å². The van der Waals surface area contributed by atoms with Crippen LogP contribution < -0.4 is 5.73 Å². The lowest BCUT2D eigenvalue weighted by Crippen LogP contribution is -2.31. The fourth-order valence-electron chi connectivity index (χ4n) is 3.08. The Morgan fingerprint density at radius 1 is 1.56 bits per heavy atom. The van der Waals surface area contributed by atoms with Crippen LogP contribution in [-0.2, 0) is 17.7 Å². The van der Waals surface area contributed by atoms with Gasteiger partial charge in [-0.3, -0.25) is 0 Å². The van der Waals surface area contributed by atoms with Gasteiger partial charge in [-0.15, -0.1) is 0 Å². The van der Waals surface area contributed by atoms with Crippen LogP contribution in [0.1, 0.15) is 51.4 Å². The Hall–Kier alpha value is -0.800. The second-order valence-electron chi connectivity index (χ2n) is 6.29. The normalized spacial score (nSPS) is 23.7. The van der Waals surface area contributed by atoms with Gasteiger partial charge in [0.25, 0.3) is 0 Å². The lowest BCUT2D eigenvalue weighted by molar-refractivity contribution is 0.0629. The third-order valence-corrected chi connectivity index (χ3v) is 3.84. The van der Waals surface area contributed by atoms with Gasteiger partial charge in [-0.25, -0.2) is 0 Å². The molecule has 0 aliphatic heterocycles. The number of aromatic nitrogens is 1. The molecular weight excluding hydrogens is 224 g/mol. The molecule has 3 nitrogen and oxygen atoms in total. The first kappa shape index (κ1) is 13.6. The molecule has 2 atom stereocenters. The number of nitrogens with two attached hydrogens (primary N) is 1. The SMILES string of the molecule is CCOC(C)Cn1ccc2c1CC(C)(C)CC2N. The summed E-state index contributed by atoms with van der Waals surface area (Å²) in [5.41, 5.74) is 9.32. The van der Waals surface area contributed by atoms with Gasteiger partial charge in [0.15, 0.2) is 0 Å². The Morgan fingerprint density at radius 3 is 2.94 bits per heavy atom. The van der Waals surface area contributed by atoms with E-state index in [0.717, 1.165) is 26.0 Å². The van der Waals surface area contributed by atoms with E-state index in [1.165, 1.54) is 11.3 Å². The highest BCUT2D eigenvalue weighted by atomic mass is 16.5. The maximum atomic E-state index is 6.28. The minimum Gasteiger partial charge on any atom is -0.377 e. The molecule has 2 rings (SSSR count). The molecule has 0 fully saturated rings. The standard InChI is InChI=1S/C15H26N2O/c1-5-18-11(2)10-17-7-6-12-13(16)8-15(3,4)9-14(12)17/h6-7,11,13H,5,8-10,16H2,1-4H3. The Labute approximate surface area is 110 Å². The summed E-state index contributed by atoms with van der Waals surface area (Å²) < 4.78 is 7.96. The molecule has 102 valence electrons. The van der Waals surface area contributed by atoms with Crippen LogP contribution in [-0.4, -0.2) is 17.3 Å². The molecule has 18 heavy (non-hydrogen) atoms. The maximum absolute atomic E-state index is 6.28. The van der Waals surface area contributed by atoms with Gasteiger partial charge in [0.05, 0.1) is 6.10 Å². The van der Waals surface area contributed by atoms with Crippen molar-refractivity contribution in [2.24, 2.45) is 11.1 Å². The highest BCUT2D eigenvalue weighted by Gasteiger charge is 2.32. The van der Waals surface area contributed by atoms with Crippen molar-refractivity contribution in [1.82, 2.24) is 4.57 Å². The number of fused-ring (bicyclic) bond motifs is 1. The van der Waals surface area contributed by atoms with E-state index in [2.05, 4.69) is 37.6 Å². The molecule has 1 heterocycles. The van der Waals surface area contributed by atoms with Gasteiger partial charge in [0, 0.05) is 31.1 Å². The fraction of sp³-hybridized carbons (Fsp3) is 0.733. The first-order chi connectivity index (χ1) is 8.43. The summed E-state index contributed by atoms with van der Waals surface area (Å²) in [6.45, 7) is 10.5. The van der Waals surface area contributed by atoms with Crippen molar-refractivity contribution < 1.29 is 4.74 Å². The predicted molar refractivity (Wildman–Crippen MR) is 74.6 cm³/mol. The summed E-state index contributed by atoms with van der Waals surface area (Å²) >= 11 is 0. The molecule has 1 aliphatic carbocycles. The largest absolute Gasteiger partial charge is 0.377 e. The predicted octanol–water partition coefficient (Wildman–Crippen LogP) is 2.89. The highest BCUT2D eigenvalue weighted by molar-refractivity contribution is 5.30. The number of hydrogen-bond acceptors (Lipinski definition) is 2. The number of hydrogen-bond donors (Lipinski definition) is 1. The third kappa shape index (κ3) is 2.78. The molecule has 1 aliphatic rings. The van der Waals surface area contributed by atoms with Crippen LogP contribution in [0.5, 0.6) is 0 Å². The minimum atomic E-state index is 0.187. The molecule has 0 saturated heterocycles. The lowest BCUT2D eigenvalue weighted by Gasteiger charge is -2.34. The van der Waals surface area contributed by atoms with E-state index in [-0.39, 0.29) is 12.1 Å². The molecule has 1 aromatic heterocycles. The average Bonchev–Trinajstić information content (AvgIpc) is 2.60. The zero-order valence-corrected chi connectivity index (χ0v) is 12.1. The Morgan fingerprint density at radius 2 is 2.28 bits per heavy atom. The number of nitrogens with zero attached hydrogens (tertiary/aromatic N) is 1. The fourth-order valence-corrected chi connectivity index (χ4v) is 3.08. The summed E-state index contributed by atoms with van der Waals surface area (Å²) in [4.78, 5) is 0. The minimum absolute atomic E-state index is 0.187. The summed E-state index contributed by atoms with van der Waals surface area (Å²) in [6.07, 6.45) is 4.61. The maximum Gasteiger partial charge on any atom is 0.0725 e. The summed E-state index contributed by atoms with van der Waals surface area (Å²) in [6, 6.07) is 2.38. The van der Waals surface area contributed by atoms with Crippen LogP contribution in [0.25, 0.3) is 0 Å². The zero-order chi connectivity index (χ0) is 13.3. The number of rotatable bonds is 4. The van der Waals surface area contributed by atoms with Crippen LogP contribution in [0.4, 0.5) is 0 Å². The molecule has 0 bridgehead atoms. The molecule has 0 saturated carbocycles. The van der Waals surface area contributed by atoms with Crippen LogP contribution in [0.3, 0.4) is 0 Å². The molecule has 0 amide bonds. The Balaban J connectivity index is 2.20. The van der Waals surface area contributed by atoms with E-state index >= 15 is 0 Å². The van der Waals surface area contributed by atoms with Gasteiger partial charge < -0.3 is 15.0 Å². The van der Waals surface area contributed by atoms with Crippen LogP contribution in [0, 0.1) is 5.41 Å². The topological polar surface area (TPSA) is 40.2 Å². The van der Waals surface area contributed by atoms with E-state index in [1.54, 1.807) is 0 Å². The summed E-state index contributed by atoms with van der Waals surface area (Å²) in [5.74, 6) is 0. The highest BCUT2D eigenvalue weighted by Crippen LogP contribution is 2.40. The quantitative estimate of drug-likeness (QED) is 0.892. The average molecular weight is 250 g/mol. The van der Waals surface area contributed by atoms with Gasteiger partial charge in [-0.05, 0) is 43.7 Å². The molecule has 0 spiro atoms. The van der Waals surface area contributed by atoms with E-state index in [4.69, 9.17) is 10.5 Å². The number of ether oxygens (including phenoxy) is 1. The van der Waals surface area contributed by atoms with Gasteiger partial charge in [0.2, 0.25) is 0 Å². The molecular formula is C15H26N2O. The van der Waals surface area contributed by atoms with Crippen LogP contribution >= 0.6 is 0 Å². The second-order valence-corrected chi connectivity index (χ2v) is 6.29. The van der Waals surface area contributed by atoms with Gasteiger partial charge in [-0.2, -0.15) is 0 Å². The smallest absolute Gasteiger partial charge is 0.0725 e. The molecule has 1 aromatic rings. The Bertz CT molecular complexity index is 409. The van der Waals surface area contributed by atoms with Crippen molar-refractivity contribution in [1.29, 1.82) is 0 Å². The van der Waals surface area contributed by atoms with E-state index in [1.807, 2.05) is 6.92 Å². The molecule has 2 unspecified atom stereocenters. The summed E-state index contributed by atoms with van der Waals surface area (Å²) in [5, 5.41) is 0. The zero-order valence-electron chi connectivity index (χ0n) is 12.1. The lowest BCUT2D eigenvalue weighted by atomic mass is 9.74. The van der Waals surface area contributed by atoms with Crippen molar-refractivity contribution in [3.05, 3.63) is 23.5 Å². The van der Waals surface area contributed by atoms with Crippen LogP contribution in [0.2, 0.25) is 0 Å². The van der Waals surface area contributed by atoms with Crippen molar-refractivity contribution in [3.8, 4) is 0 Å². The van der Waals surface area contributed by atoms with Crippen molar-refractivity contribution in [3.63, 3.8) is 0 Å².